The minimum Gasteiger partial charge on any atom is -0.345 e. The van der Waals surface area contributed by atoms with Crippen LogP contribution in [-0.2, 0) is 0 Å². The molecule has 1 heterocycles. The van der Waals surface area contributed by atoms with E-state index in [-0.39, 0.29) is 1.43 Å². The summed E-state index contributed by atoms with van der Waals surface area (Å²) in [5.74, 6) is 0.632. The fraction of sp³-hybridized carbons (Fsp3) is 0.364. The Hall–Kier alpha value is -1.31. The molecular formula is C11H16N2. The number of aromatic nitrogens is 2. The number of nitrogens with zero attached hydrogens (tertiary/aromatic N) is 1. The highest BCUT2D eigenvalue weighted by Gasteiger charge is 2.03. The number of aromatic amines is 1. The van der Waals surface area contributed by atoms with Gasteiger partial charge < -0.3 is 4.98 Å². The van der Waals surface area contributed by atoms with Crippen molar-refractivity contribution in [2.45, 2.75) is 26.2 Å². The van der Waals surface area contributed by atoms with Crippen LogP contribution in [0.1, 0.15) is 33.2 Å². The summed E-state index contributed by atoms with van der Waals surface area (Å²) in [6, 6.07) is 6.43. The van der Waals surface area contributed by atoms with Crippen molar-refractivity contribution in [3.05, 3.63) is 30.1 Å². The molecule has 1 aromatic carbocycles. The summed E-state index contributed by atoms with van der Waals surface area (Å²) in [4.78, 5) is 7.32. The van der Waals surface area contributed by atoms with Crippen molar-refractivity contribution >= 4 is 11.0 Å². The first-order valence-corrected chi connectivity index (χ1v) is 4.74. The van der Waals surface area contributed by atoms with Crippen LogP contribution in [0.3, 0.4) is 0 Å². The third-order valence-electron chi connectivity index (χ3n) is 2.63. The number of rotatable bonds is 2. The van der Waals surface area contributed by atoms with Gasteiger partial charge in [-0.05, 0) is 30.0 Å². The van der Waals surface area contributed by atoms with E-state index >= 15 is 0 Å². The Bertz CT molecular complexity index is 408. The van der Waals surface area contributed by atoms with Crippen LogP contribution >= 0.6 is 0 Å². The van der Waals surface area contributed by atoms with Crippen LogP contribution < -0.4 is 0 Å². The van der Waals surface area contributed by atoms with E-state index in [4.69, 9.17) is 0 Å². The molecule has 1 N–H and O–H groups in total. The standard InChI is InChI=1S/C11H14N2.H2/c1-3-8(2)9-4-5-10-11(6-9)13-7-12-10;/h4-8H,3H2,1-2H3,(H,12,13);1H. The second-order valence-electron chi connectivity index (χ2n) is 3.49. The highest BCUT2D eigenvalue weighted by Crippen LogP contribution is 2.21. The summed E-state index contributed by atoms with van der Waals surface area (Å²) in [5, 5.41) is 0. The Balaban J connectivity index is 0.000000980. The molecule has 0 saturated heterocycles. The Kier molecular flexibility index (Phi) is 2.05. The first-order chi connectivity index (χ1) is 6.31. The van der Waals surface area contributed by atoms with E-state index in [1.165, 1.54) is 12.0 Å². The lowest BCUT2D eigenvalue weighted by Crippen LogP contribution is -1.90. The van der Waals surface area contributed by atoms with Crippen LogP contribution in [0.15, 0.2) is 24.5 Å². The van der Waals surface area contributed by atoms with Gasteiger partial charge in [0.1, 0.15) is 0 Å². The Labute approximate surface area is 79.5 Å². The molecule has 0 fully saturated rings. The van der Waals surface area contributed by atoms with Gasteiger partial charge in [0.2, 0.25) is 0 Å². The third kappa shape index (κ3) is 1.44. The van der Waals surface area contributed by atoms with E-state index in [2.05, 4.69) is 42.0 Å². The van der Waals surface area contributed by atoms with Gasteiger partial charge in [0.15, 0.2) is 0 Å². The predicted molar refractivity (Wildman–Crippen MR) is 56.9 cm³/mol. The molecule has 1 aromatic heterocycles. The van der Waals surface area contributed by atoms with Crippen LogP contribution in [-0.4, -0.2) is 9.97 Å². The zero-order valence-corrected chi connectivity index (χ0v) is 8.04. The zero-order chi connectivity index (χ0) is 9.26. The molecule has 2 nitrogen and oxygen atoms in total. The maximum absolute atomic E-state index is 4.19. The lowest BCUT2D eigenvalue weighted by atomic mass is 9.98. The highest BCUT2D eigenvalue weighted by molar-refractivity contribution is 5.75. The molecule has 0 bridgehead atoms. The van der Waals surface area contributed by atoms with Gasteiger partial charge in [-0.1, -0.05) is 19.9 Å². The monoisotopic (exact) mass is 176 g/mol. The van der Waals surface area contributed by atoms with Crippen molar-refractivity contribution in [1.82, 2.24) is 9.97 Å². The van der Waals surface area contributed by atoms with Crippen molar-refractivity contribution < 1.29 is 1.43 Å². The quantitative estimate of drug-likeness (QED) is 0.747. The average molecular weight is 176 g/mol. The second kappa shape index (κ2) is 3.21. The molecule has 0 radical (unpaired) electrons. The number of imidazole rings is 1. The fourth-order valence-electron chi connectivity index (χ4n) is 1.50. The molecule has 0 saturated carbocycles. The van der Waals surface area contributed by atoms with E-state index in [0.29, 0.717) is 5.92 Å². The van der Waals surface area contributed by atoms with E-state index in [1.54, 1.807) is 6.33 Å². The fourth-order valence-corrected chi connectivity index (χ4v) is 1.50. The summed E-state index contributed by atoms with van der Waals surface area (Å²) >= 11 is 0. The summed E-state index contributed by atoms with van der Waals surface area (Å²) in [5.41, 5.74) is 3.57. The predicted octanol–water partition coefficient (Wildman–Crippen LogP) is 3.32. The maximum atomic E-state index is 4.19. The van der Waals surface area contributed by atoms with Crippen molar-refractivity contribution in [3.63, 3.8) is 0 Å². The number of fused-ring (bicyclic) bond motifs is 1. The molecule has 1 unspecified atom stereocenters. The lowest BCUT2D eigenvalue weighted by Gasteiger charge is -2.07. The molecule has 2 rings (SSSR count). The molecule has 0 aliphatic carbocycles. The molecule has 2 aromatic rings. The van der Waals surface area contributed by atoms with Gasteiger partial charge in [-0.3, -0.25) is 0 Å². The third-order valence-corrected chi connectivity index (χ3v) is 2.63. The van der Waals surface area contributed by atoms with Gasteiger partial charge in [-0.15, -0.1) is 0 Å². The molecule has 0 aliphatic heterocycles. The molecule has 0 amide bonds. The van der Waals surface area contributed by atoms with Crippen LogP contribution in [0, 0.1) is 0 Å². The van der Waals surface area contributed by atoms with Crippen molar-refractivity contribution in [1.29, 1.82) is 0 Å². The Morgan fingerprint density at radius 3 is 3.15 bits per heavy atom. The molecule has 70 valence electrons. The molecule has 0 spiro atoms. The van der Waals surface area contributed by atoms with Crippen molar-refractivity contribution in [3.8, 4) is 0 Å². The van der Waals surface area contributed by atoms with Gasteiger partial charge >= 0.3 is 0 Å². The minimum atomic E-state index is 0. The van der Waals surface area contributed by atoms with Gasteiger partial charge in [-0.2, -0.15) is 0 Å². The molecule has 2 heteroatoms. The number of H-pyrrole nitrogens is 1. The molecule has 1 atom stereocenters. The first-order valence-electron chi connectivity index (χ1n) is 4.74. The van der Waals surface area contributed by atoms with E-state index < -0.39 is 0 Å². The smallest absolute Gasteiger partial charge is 0.0931 e. The summed E-state index contributed by atoms with van der Waals surface area (Å²) in [6.07, 6.45) is 2.92. The van der Waals surface area contributed by atoms with Crippen LogP contribution in [0.25, 0.3) is 11.0 Å². The maximum Gasteiger partial charge on any atom is 0.0931 e. The number of hydrogen-bond donors (Lipinski definition) is 1. The lowest BCUT2D eigenvalue weighted by molar-refractivity contribution is 0.734. The SMILES string of the molecule is CCC(C)c1ccc2nc[nH]c2c1.[HH]. The second-order valence-corrected chi connectivity index (χ2v) is 3.49. The van der Waals surface area contributed by atoms with E-state index in [9.17, 15) is 0 Å². The van der Waals surface area contributed by atoms with Gasteiger partial charge in [0.25, 0.3) is 0 Å². The number of benzene rings is 1. The van der Waals surface area contributed by atoms with E-state index in [1.807, 2.05) is 0 Å². The number of hydrogen-bond acceptors (Lipinski definition) is 1. The summed E-state index contributed by atoms with van der Waals surface area (Å²) in [6.45, 7) is 4.46. The Morgan fingerprint density at radius 2 is 2.38 bits per heavy atom. The van der Waals surface area contributed by atoms with Crippen LogP contribution in [0.4, 0.5) is 0 Å². The summed E-state index contributed by atoms with van der Waals surface area (Å²) in [7, 11) is 0. The number of nitrogens with one attached hydrogen (secondary N) is 1. The van der Waals surface area contributed by atoms with E-state index in [0.717, 1.165) is 11.0 Å². The largest absolute Gasteiger partial charge is 0.345 e. The highest BCUT2D eigenvalue weighted by atomic mass is 14.9. The van der Waals surface area contributed by atoms with Crippen LogP contribution in [0.2, 0.25) is 0 Å². The zero-order valence-electron chi connectivity index (χ0n) is 8.04. The first kappa shape index (κ1) is 8.30. The van der Waals surface area contributed by atoms with Gasteiger partial charge in [0.05, 0.1) is 17.4 Å². The average Bonchev–Trinajstić information content (AvgIpc) is 2.63. The molecular weight excluding hydrogens is 160 g/mol. The topological polar surface area (TPSA) is 28.7 Å². The minimum absolute atomic E-state index is 0. The van der Waals surface area contributed by atoms with Crippen molar-refractivity contribution in [2.75, 3.05) is 0 Å². The normalized spacial score (nSPS) is 13.4. The van der Waals surface area contributed by atoms with Gasteiger partial charge in [0, 0.05) is 1.43 Å². The Morgan fingerprint density at radius 1 is 1.54 bits per heavy atom. The van der Waals surface area contributed by atoms with Crippen LogP contribution in [0.5, 0.6) is 0 Å². The molecule has 13 heavy (non-hydrogen) atoms. The summed E-state index contributed by atoms with van der Waals surface area (Å²) < 4.78 is 0. The van der Waals surface area contributed by atoms with Crippen molar-refractivity contribution in [2.24, 2.45) is 0 Å². The van der Waals surface area contributed by atoms with Gasteiger partial charge in [-0.25, -0.2) is 4.98 Å². The molecule has 0 aliphatic rings.